The van der Waals surface area contributed by atoms with Gasteiger partial charge in [-0.3, -0.25) is 19.5 Å². The number of rotatable bonds is 4. The first-order valence-electron chi connectivity index (χ1n) is 9.66. The van der Waals surface area contributed by atoms with Gasteiger partial charge in [-0.15, -0.1) is 0 Å². The van der Waals surface area contributed by atoms with Gasteiger partial charge >= 0.3 is 0 Å². The summed E-state index contributed by atoms with van der Waals surface area (Å²) in [5, 5.41) is 11.5. The van der Waals surface area contributed by atoms with Gasteiger partial charge in [-0.25, -0.2) is 0 Å². The molecule has 0 saturated carbocycles. The highest BCUT2D eigenvalue weighted by atomic mass is 35.5. The zero-order valence-electron chi connectivity index (χ0n) is 17.2. The molecule has 2 heterocycles. The second-order valence-corrected chi connectivity index (χ2v) is 8.00. The normalized spacial score (nSPS) is 17.6. The maximum absolute atomic E-state index is 13.2. The van der Waals surface area contributed by atoms with E-state index in [2.05, 4.69) is 4.98 Å². The van der Waals surface area contributed by atoms with Crippen LogP contribution in [0.4, 0.5) is 5.69 Å². The summed E-state index contributed by atoms with van der Waals surface area (Å²) < 4.78 is 5.15. The first kappa shape index (κ1) is 21.9. The SMILES string of the molecule is COc1c(Cl)cc(/C(O)=C2\C(=O)C(=O)N(c3ccccc3C)C2c2ccccn2)cc1Cl. The molecular formula is C24H18Cl2N2O4. The largest absolute Gasteiger partial charge is 0.507 e. The molecule has 0 bridgehead atoms. The highest BCUT2D eigenvalue weighted by molar-refractivity contribution is 6.52. The number of benzene rings is 2. The second kappa shape index (κ2) is 8.65. The van der Waals surface area contributed by atoms with Crippen LogP contribution < -0.4 is 9.64 Å². The Morgan fingerprint density at radius 3 is 2.31 bits per heavy atom. The number of Topliss-reactive ketones (excluding diaryl/α,β-unsaturated/α-hetero) is 1. The van der Waals surface area contributed by atoms with Crippen LogP contribution in [0, 0.1) is 6.92 Å². The maximum atomic E-state index is 13.2. The number of ketones is 1. The standard InChI is InChI=1S/C24H18Cl2N2O4/c1-13-7-3-4-9-18(13)28-20(17-8-5-6-10-27-17)19(22(30)24(28)31)21(29)14-11-15(25)23(32-2)16(26)12-14/h3-12,20,29H,1-2H3/b21-19+. The van der Waals surface area contributed by atoms with E-state index in [0.717, 1.165) is 5.56 Å². The van der Waals surface area contributed by atoms with Gasteiger partial charge in [-0.2, -0.15) is 0 Å². The molecule has 1 aromatic heterocycles. The maximum Gasteiger partial charge on any atom is 0.300 e. The fraction of sp³-hybridized carbons (Fsp3) is 0.125. The summed E-state index contributed by atoms with van der Waals surface area (Å²) in [6.45, 7) is 1.84. The molecule has 1 atom stereocenters. The Labute approximate surface area is 194 Å². The number of ether oxygens (including phenoxy) is 1. The smallest absolute Gasteiger partial charge is 0.300 e. The molecule has 0 spiro atoms. The van der Waals surface area contributed by atoms with Gasteiger partial charge in [0.15, 0.2) is 5.75 Å². The second-order valence-electron chi connectivity index (χ2n) is 7.18. The number of anilines is 1. The molecule has 1 fully saturated rings. The Kier molecular flexibility index (Phi) is 5.91. The number of aliphatic hydroxyl groups is 1. The van der Waals surface area contributed by atoms with E-state index in [-0.39, 0.29) is 26.9 Å². The van der Waals surface area contributed by atoms with Crippen LogP contribution in [-0.4, -0.2) is 28.9 Å². The number of nitrogens with zero attached hydrogens (tertiary/aromatic N) is 2. The number of aliphatic hydroxyl groups excluding tert-OH is 1. The lowest BCUT2D eigenvalue weighted by Crippen LogP contribution is -2.30. The van der Waals surface area contributed by atoms with Crippen LogP contribution in [0.1, 0.15) is 22.9 Å². The van der Waals surface area contributed by atoms with E-state index in [9.17, 15) is 14.7 Å². The molecule has 1 aliphatic heterocycles. The van der Waals surface area contributed by atoms with Gasteiger partial charge < -0.3 is 9.84 Å². The van der Waals surface area contributed by atoms with Gasteiger partial charge in [-0.1, -0.05) is 47.5 Å². The van der Waals surface area contributed by atoms with Crippen molar-refractivity contribution >= 4 is 46.3 Å². The van der Waals surface area contributed by atoms with Gasteiger partial charge in [0.1, 0.15) is 11.8 Å². The summed E-state index contributed by atoms with van der Waals surface area (Å²) in [4.78, 5) is 32.0. The van der Waals surface area contributed by atoms with Crippen molar-refractivity contribution in [2.24, 2.45) is 0 Å². The predicted octanol–water partition coefficient (Wildman–Crippen LogP) is 5.33. The van der Waals surface area contributed by atoms with Crippen LogP contribution >= 0.6 is 23.2 Å². The van der Waals surface area contributed by atoms with Gasteiger partial charge in [0.2, 0.25) is 0 Å². The van der Waals surface area contributed by atoms with Crippen molar-refractivity contribution in [3.8, 4) is 5.75 Å². The van der Waals surface area contributed by atoms with E-state index in [4.69, 9.17) is 27.9 Å². The van der Waals surface area contributed by atoms with E-state index >= 15 is 0 Å². The number of pyridine rings is 1. The molecule has 32 heavy (non-hydrogen) atoms. The highest BCUT2D eigenvalue weighted by Crippen LogP contribution is 2.43. The molecule has 2 aromatic carbocycles. The van der Waals surface area contributed by atoms with E-state index in [0.29, 0.717) is 11.4 Å². The summed E-state index contributed by atoms with van der Waals surface area (Å²) in [5.74, 6) is -1.75. The topological polar surface area (TPSA) is 79.7 Å². The van der Waals surface area contributed by atoms with E-state index in [1.54, 1.807) is 36.5 Å². The summed E-state index contributed by atoms with van der Waals surface area (Å²) in [6, 6.07) is 14.3. The van der Waals surface area contributed by atoms with Gasteiger partial charge in [0.05, 0.1) is 28.4 Å². The summed E-state index contributed by atoms with van der Waals surface area (Å²) in [6.07, 6.45) is 1.56. The average Bonchev–Trinajstić information content (AvgIpc) is 3.04. The minimum absolute atomic E-state index is 0.103. The van der Waals surface area contributed by atoms with Crippen LogP contribution in [0.5, 0.6) is 5.75 Å². The summed E-state index contributed by atoms with van der Waals surface area (Å²) >= 11 is 12.5. The lowest BCUT2D eigenvalue weighted by molar-refractivity contribution is -0.132. The van der Waals surface area contributed by atoms with Crippen molar-refractivity contribution in [1.82, 2.24) is 4.98 Å². The van der Waals surface area contributed by atoms with Crippen LogP contribution in [-0.2, 0) is 9.59 Å². The molecule has 0 aliphatic carbocycles. The molecule has 6 nitrogen and oxygen atoms in total. The first-order valence-corrected chi connectivity index (χ1v) is 10.4. The number of methoxy groups -OCH3 is 1. The van der Waals surface area contributed by atoms with Crippen molar-refractivity contribution in [3.63, 3.8) is 0 Å². The molecular weight excluding hydrogens is 451 g/mol. The Morgan fingerprint density at radius 2 is 1.72 bits per heavy atom. The third kappa shape index (κ3) is 3.61. The monoisotopic (exact) mass is 468 g/mol. The molecule has 0 radical (unpaired) electrons. The lowest BCUT2D eigenvalue weighted by Gasteiger charge is -2.26. The molecule has 1 N–H and O–H groups in total. The van der Waals surface area contributed by atoms with Gasteiger partial charge in [0.25, 0.3) is 11.7 Å². The number of hydrogen-bond acceptors (Lipinski definition) is 5. The van der Waals surface area contributed by atoms with Crippen LogP contribution in [0.3, 0.4) is 0 Å². The highest BCUT2D eigenvalue weighted by Gasteiger charge is 2.48. The molecule has 3 aromatic rings. The van der Waals surface area contributed by atoms with Crippen LogP contribution in [0.15, 0.2) is 66.4 Å². The van der Waals surface area contributed by atoms with Crippen LogP contribution in [0.25, 0.3) is 5.76 Å². The number of hydrogen-bond donors (Lipinski definition) is 1. The summed E-state index contributed by atoms with van der Waals surface area (Å²) in [7, 11) is 1.42. The lowest BCUT2D eigenvalue weighted by atomic mass is 9.98. The molecule has 8 heteroatoms. The Bertz CT molecular complexity index is 1230. The molecule has 162 valence electrons. The van der Waals surface area contributed by atoms with Gasteiger partial charge in [0, 0.05) is 17.4 Å². The molecule has 1 unspecified atom stereocenters. The molecule has 1 aliphatic rings. The zero-order valence-corrected chi connectivity index (χ0v) is 18.7. The third-order valence-corrected chi connectivity index (χ3v) is 5.82. The Morgan fingerprint density at radius 1 is 1.06 bits per heavy atom. The molecule has 1 amide bonds. The number of halogens is 2. The number of carbonyl (C=O) groups is 2. The van der Waals surface area contributed by atoms with Crippen LogP contribution in [0.2, 0.25) is 10.0 Å². The number of aromatic nitrogens is 1. The van der Waals surface area contributed by atoms with Crippen molar-refractivity contribution in [2.75, 3.05) is 12.0 Å². The van der Waals surface area contributed by atoms with Crippen molar-refractivity contribution in [3.05, 3.63) is 93.2 Å². The fourth-order valence-corrected chi connectivity index (χ4v) is 4.42. The average molecular weight is 469 g/mol. The Hall–Kier alpha value is -3.35. The molecule has 1 saturated heterocycles. The van der Waals surface area contributed by atoms with Crippen molar-refractivity contribution < 1.29 is 19.4 Å². The fourth-order valence-electron chi connectivity index (χ4n) is 3.78. The minimum atomic E-state index is -0.933. The van der Waals surface area contributed by atoms with Crippen molar-refractivity contribution in [2.45, 2.75) is 13.0 Å². The molecule has 4 rings (SSSR count). The van der Waals surface area contributed by atoms with Crippen molar-refractivity contribution in [1.29, 1.82) is 0 Å². The predicted molar refractivity (Wildman–Crippen MR) is 123 cm³/mol. The number of para-hydroxylation sites is 1. The number of carbonyl (C=O) groups excluding carboxylic acids is 2. The third-order valence-electron chi connectivity index (χ3n) is 5.26. The number of amides is 1. The van der Waals surface area contributed by atoms with E-state index in [1.165, 1.54) is 24.1 Å². The summed E-state index contributed by atoms with van der Waals surface area (Å²) in [5.41, 5.74) is 1.86. The zero-order chi connectivity index (χ0) is 23.0. The quantitative estimate of drug-likeness (QED) is 0.317. The van der Waals surface area contributed by atoms with E-state index < -0.39 is 23.5 Å². The number of aryl methyl sites for hydroxylation is 1. The minimum Gasteiger partial charge on any atom is -0.507 e. The van der Waals surface area contributed by atoms with Gasteiger partial charge in [-0.05, 0) is 42.8 Å². The first-order chi connectivity index (χ1) is 15.3. The Balaban J connectivity index is 1.97. The van der Waals surface area contributed by atoms with E-state index in [1.807, 2.05) is 19.1 Å².